The Morgan fingerprint density at radius 2 is 2.04 bits per heavy atom. The topological polar surface area (TPSA) is 57.7 Å². The maximum Gasteiger partial charge on any atom is 0.322 e. The first kappa shape index (κ1) is 17.2. The molecule has 1 aliphatic rings. The molecule has 0 radical (unpaired) electrons. The number of hydrogen-bond donors (Lipinski definition) is 1. The summed E-state index contributed by atoms with van der Waals surface area (Å²) < 4.78 is 5.32. The summed E-state index contributed by atoms with van der Waals surface area (Å²) in [7, 11) is 1.61. The van der Waals surface area contributed by atoms with Crippen LogP contribution in [0.25, 0.3) is 0 Å². The summed E-state index contributed by atoms with van der Waals surface area (Å²) in [6.07, 6.45) is 3.68. The minimum Gasteiger partial charge on any atom is -0.495 e. The number of anilines is 1. The van der Waals surface area contributed by atoms with E-state index in [0.717, 1.165) is 25.2 Å². The number of benzene rings is 1. The predicted molar refractivity (Wildman–Crippen MR) is 97.8 cm³/mol. The Bertz CT molecular complexity index is 713. The monoisotopic (exact) mass is 340 g/mol. The van der Waals surface area contributed by atoms with E-state index >= 15 is 0 Å². The minimum atomic E-state index is -0.0788. The molecule has 6 nitrogen and oxygen atoms in total. The summed E-state index contributed by atoms with van der Waals surface area (Å²) >= 11 is 0. The minimum absolute atomic E-state index is 0.0788. The highest BCUT2D eigenvalue weighted by Gasteiger charge is 2.22. The van der Waals surface area contributed by atoms with Crippen molar-refractivity contribution >= 4 is 11.7 Å². The molecule has 1 aliphatic heterocycles. The standard InChI is InChI=1S/C19H24N4O2/c1-15-5-6-18(25-2)17(12-15)21-19(24)23-10-8-22(9-11-23)14-16-4-3-7-20-13-16/h3-7,12-13H,8-11,14H2,1-2H3,(H,21,24). The molecule has 0 spiro atoms. The van der Waals surface area contributed by atoms with Gasteiger partial charge in [0.15, 0.2) is 0 Å². The first-order chi connectivity index (χ1) is 12.2. The number of ether oxygens (including phenoxy) is 1. The van der Waals surface area contributed by atoms with Gasteiger partial charge in [-0.05, 0) is 36.2 Å². The van der Waals surface area contributed by atoms with E-state index in [-0.39, 0.29) is 6.03 Å². The van der Waals surface area contributed by atoms with E-state index in [1.165, 1.54) is 5.56 Å². The van der Waals surface area contributed by atoms with Crippen LogP contribution in [0.1, 0.15) is 11.1 Å². The number of nitrogens with zero attached hydrogens (tertiary/aromatic N) is 3. The van der Waals surface area contributed by atoms with E-state index in [4.69, 9.17) is 4.74 Å². The van der Waals surface area contributed by atoms with Gasteiger partial charge in [-0.3, -0.25) is 9.88 Å². The molecule has 0 saturated carbocycles. The SMILES string of the molecule is COc1ccc(C)cc1NC(=O)N1CCN(Cc2cccnc2)CC1. The van der Waals surface area contributed by atoms with Crippen molar-refractivity contribution in [3.05, 3.63) is 53.9 Å². The summed E-state index contributed by atoms with van der Waals surface area (Å²) in [6.45, 7) is 5.99. The summed E-state index contributed by atoms with van der Waals surface area (Å²) in [5.74, 6) is 0.675. The third-order valence-electron chi connectivity index (χ3n) is 4.39. The van der Waals surface area contributed by atoms with E-state index in [9.17, 15) is 4.79 Å². The van der Waals surface area contributed by atoms with Crippen molar-refractivity contribution in [3.8, 4) is 5.75 Å². The van der Waals surface area contributed by atoms with Gasteiger partial charge in [-0.2, -0.15) is 0 Å². The molecule has 2 heterocycles. The number of pyridine rings is 1. The van der Waals surface area contributed by atoms with Gasteiger partial charge >= 0.3 is 6.03 Å². The molecule has 1 aromatic carbocycles. The summed E-state index contributed by atoms with van der Waals surface area (Å²) in [5, 5.41) is 2.97. The number of nitrogens with one attached hydrogen (secondary N) is 1. The molecule has 0 aliphatic carbocycles. The van der Waals surface area contributed by atoms with Crippen molar-refractivity contribution in [2.24, 2.45) is 0 Å². The zero-order valence-corrected chi connectivity index (χ0v) is 14.7. The Hall–Kier alpha value is -2.60. The van der Waals surface area contributed by atoms with Crippen LogP contribution in [0.4, 0.5) is 10.5 Å². The highest BCUT2D eigenvalue weighted by Crippen LogP contribution is 2.25. The Morgan fingerprint density at radius 3 is 2.72 bits per heavy atom. The van der Waals surface area contributed by atoms with Crippen LogP contribution in [0.15, 0.2) is 42.7 Å². The number of rotatable bonds is 4. The number of methoxy groups -OCH3 is 1. The first-order valence-corrected chi connectivity index (χ1v) is 8.47. The molecule has 2 amide bonds. The predicted octanol–water partition coefficient (Wildman–Crippen LogP) is 2.75. The fourth-order valence-corrected chi connectivity index (χ4v) is 2.97. The summed E-state index contributed by atoms with van der Waals surface area (Å²) in [6, 6.07) is 9.72. The van der Waals surface area contributed by atoms with E-state index in [2.05, 4.69) is 21.3 Å². The Kier molecular flexibility index (Phi) is 5.50. The molecule has 1 aromatic heterocycles. The van der Waals surface area contributed by atoms with Crippen LogP contribution in [0.2, 0.25) is 0 Å². The van der Waals surface area contributed by atoms with Gasteiger partial charge in [0.1, 0.15) is 5.75 Å². The smallest absolute Gasteiger partial charge is 0.322 e. The van der Waals surface area contributed by atoms with Gasteiger partial charge in [-0.1, -0.05) is 12.1 Å². The van der Waals surface area contributed by atoms with Crippen LogP contribution in [-0.2, 0) is 6.54 Å². The fourth-order valence-electron chi connectivity index (χ4n) is 2.97. The molecule has 2 aromatic rings. The largest absolute Gasteiger partial charge is 0.495 e. The van der Waals surface area contributed by atoms with Gasteiger partial charge in [0.25, 0.3) is 0 Å². The van der Waals surface area contributed by atoms with Gasteiger partial charge < -0.3 is 15.0 Å². The Labute approximate surface area is 148 Å². The van der Waals surface area contributed by atoms with Crippen LogP contribution in [0, 0.1) is 6.92 Å². The zero-order chi connectivity index (χ0) is 17.6. The molecular formula is C19H24N4O2. The van der Waals surface area contributed by atoms with Crippen LogP contribution in [-0.4, -0.2) is 54.1 Å². The molecule has 6 heteroatoms. The molecule has 0 bridgehead atoms. The van der Waals surface area contributed by atoms with Gasteiger partial charge in [0.2, 0.25) is 0 Å². The van der Waals surface area contributed by atoms with Crippen molar-refractivity contribution in [3.63, 3.8) is 0 Å². The van der Waals surface area contributed by atoms with Gasteiger partial charge in [-0.25, -0.2) is 4.79 Å². The van der Waals surface area contributed by atoms with Crippen molar-refractivity contribution in [1.29, 1.82) is 0 Å². The Morgan fingerprint density at radius 1 is 1.24 bits per heavy atom. The first-order valence-electron chi connectivity index (χ1n) is 8.47. The normalized spacial score (nSPS) is 15.0. The maximum absolute atomic E-state index is 12.5. The number of carbonyl (C=O) groups excluding carboxylic acids is 1. The molecule has 25 heavy (non-hydrogen) atoms. The third kappa shape index (κ3) is 4.48. The average Bonchev–Trinajstić information content (AvgIpc) is 2.63. The quantitative estimate of drug-likeness (QED) is 0.930. The molecule has 1 N–H and O–H groups in total. The van der Waals surface area contributed by atoms with Crippen LogP contribution in [0.3, 0.4) is 0 Å². The fraction of sp³-hybridized carbons (Fsp3) is 0.368. The summed E-state index contributed by atoms with van der Waals surface area (Å²) in [5.41, 5.74) is 2.99. The molecular weight excluding hydrogens is 316 g/mol. The van der Waals surface area contributed by atoms with Crippen LogP contribution >= 0.6 is 0 Å². The van der Waals surface area contributed by atoms with Crippen molar-refractivity contribution in [1.82, 2.24) is 14.8 Å². The van der Waals surface area contributed by atoms with Gasteiger partial charge in [0.05, 0.1) is 12.8 Å². The van der Waals surface area contributed by atoms with Crippen molar-refractivity contribution < 1.29 is 9.53 Å². The van der Waals surface area contributed by atoms with E-state index < -0.39 is 0 Å². The average molecular weight is 340 g/mol. The second-order valence-corrected chi connectivity index (χ2v) is 6.26. The molecule has 132 valence electrons. The van der Waals surface area contributed by atoms with E-state index in [0.29, 0.717) is 24.5 Å². The second kappa shape index (κ2) is 7.98. The maximum atomic E-state index is 12.5. The Balaban J connectivity index is 1.54. The highest BCUT2D eigenvalue weighted by molar-refractivity contribution is 5.91. The molecule has 0 atom stereocenters. The van der Waals surface area contributed by atoms with Crippen LogP contribution in [0.5, 0.6) is 5.75 Å². The molecule has 1 fully saturated rings. The number of urea groups is 1. The number of carbonyl (C=O) groups is 1. The van der Waals surface area contributed by atoms with Crippen molar-refractivity contribution in [2.75, 3.05) is 38.6 Å². The molecule has 3 rings (SSSR count). The van der Waals surface area contributed by atoms with Gasteiger partial charge in [-0.15, -0.1) is 0 Å². The lowest BCUT2D eigenvalue weighted by atomic mass is 10.2. The zero-order valence-electron chi connectivity index (χ0n) is 14.7. The van der Waals surface area contributed by atoms with Crippen LogP contribution < -0.4 is 10.1 Å². The van der Waals surface area contributed by atoms with Gasteiger partial charge in [0, 0.05) is 45.1 Å². The van der Waals surface area contributed by atoms with E-state index in [1.807, 2.05) is 42.3 Å². The lowest BCUT2D eigenvalue weighted by Gasteiger charge is -2.34. The molecule has 1 saturated heterocycles. The second-order valence-electron chi connectivity index (χ2n) is 6.26. The number of aryl methyl sites for hydroxylation is 1. The van der Waals surface area contributed by atoms with Crippen molar-refractivity contribution in [2.45, 2.75) is 13.5 Å². The number of amides is 2. The summed E-state index contributed by atoms with van der Waals surface area (Å²) in [4.78, 5) is 20.9. The highest BCUT2D eigenvalue weighted by atomic mass is 16.5. The van der Waals surface area contributed by atoms with E-state index in [1.54, 1.807) is 13.3 Å². The molecule has 0 unspecified atom stereocenters. The number of aromatic nitrogens is 1. The lowest BCUT2D eigenvalue weighted by Crippen LogP contribution is -2.49. The third-order valence-corrected chi connectivity index (χ3v) is 4.39. The number of piperazine rings is 1. The lowest BCUT2D eigenvalue weighted by molar-refractivity contribution is 0.143. The number of hydrogen-bond acceptors (Lipinski definition) is 4.